The van der Waals surface area contributed by atoms with Gasteiger partial charge in [0.15, 0.2) is 0 Å². The molecular formula is C21H33BrO3. The van der Waals surface area contributed by atoms with E-state index in [0.717, 1.165) is 32.3 Å². The van der Waals surface area contributed by atoms with Crippen molar-refractivity contribution >= 4 is 15.9 Å². The van der Waals surface area contributed by atoms with Crippen LogP contribution in [0.2, 0.25) is 0 Å². The van der Waals surface area contributed by atoms with Gasteiger partial charge in [0, 0.05) is 5.41 Å². The smallest absolute Gasteiger partial charge is 0.0764 e. The molecule has 0 radical (unpaired) electrons. The van der Waals surface area contributed by atoms with E-state index >= 15 is 0 Å². The molecule has 1 heterocycles. The van der Waals surface area contributed by atoms with E-state index in [9.17, 15) is 10.2 Å². The highest BCUT2D eigenvalue weighted by Crippen LogP contribution is 2.74. The Hall–Kier alpha value is 0.360. The third-order valence-corrected chi connectivity index (χ3v) is 11.3. The van der Waals surface area contributed by atoms with E-state index < -0.39 is 0 Å². The number of alkyl halides is 1. The maximum Gasteiger partial charge on any atom is 0.0764 e. The Kier molecular flexibility index (Phi) is 3.66. The molecule has 4 aliphatic carbocycles. The second-order valence-electron chi connectivity index (χ2n) is 10.4. The van der Waals surface area contributed by atoms with Crippen LogP contribution in [-0.4, -0.2) is 39.5 Å². The van der Waals surface area contributed by atoms with E-state index in [1.807, 2.05) is 0 Å². The normalized spacial score (nSPS) is 66.0. The van der Waals surface area contributed by atoms with Gasteiger partial charge in [-0.3, -0.25) is 0 Å². The van der Waals surface area contributed by atoms with Crippen LogP contribution < -0.4 is 0 Å². The molecule has 3 nitrogen and oxygen atoms in total. The summed E-state index contributed by atoms with van der Waals surface area (Å²) in [5.74, 6) is 2.93. The molecule has 5 aliphatic rings. The first-order chi connectivity index (χ1) is 11.8. The van der Waals surface area contributed by atoms with E-state index in [-0.39, 0.29) is 33.5 Å². The molecule has 0 unspecified atom stereocenters. The van der Waals surface area contributed by atoms with Crippen molar-refractivity contribution in [2.24, 2.45) is 40.4 Å². The van der Waals surface area contributed by atoms with Gasteiger partial charge in [-0.2, -0.15) is 0 Å². The summed E-state index contributed by atoms with van der Waals surface area (Å²) in [5, 5.41) is 21.2. The number of aliphatic hydroxyl groups excluding tert-OH is 2. The highest BCUT2D eigenvalue weighted by molar-refractivity contribution is 9.10. The van der Waals surface area contributed by atoms with Gasteiger partial charge in [0.25, 0.3) is 0 Å². The van der Waals surface area contributed by atoms with Crippen LogP contribution in [0.15, 0.2) is 0 Å². The molecule has 4 heteroatoms. The molecule has 1 aliphatic heterocycles. The van der Waals surface area contributed by atoms with Crippen molar-refractivity contribution in [3.8, 4) is 0 Å². The lowest BCUT2D eigenvalue weighted by atomic mass is 9.41. The minimum atomic E-state index is -0.211. The van der Waals surface area contributed by atoms with Crippen molar-refractivity contribution in [1.82, 2.24) is 0 Å². The fourth-order valence-corrected chi connectivity index (χ4v) is 10.4. The number of aliphatic hydroxyl groups is 2. The van der Waals surface area contributed by atoms with Gasteiger partial charge in [-0.25, -0.2) is 0 Å². The fourth-order valence-electron chi connectivity index (χ4n) is 8.70. The molecule has 1 saturated heterocycles. The van der Waals surface area contributed by atoms with E-state index in [1.165, 1.54) is 12.8 Å². The molecule has 0 aromatic rings. The van der Waals surface area contributed by atoms with Gasteiger partial charge in [-0.05, 0) is 73.5 Å². The molecule has 0 spiro atoms. The van der Waals surface area contributed by atoms with E-state index in [2.05, 4.69) is 36.7 Å². The zero-order valence-corrected chi connectivity index (χ0v) is 17.3. The maximum absolute atomic E-state index is 10.7. The van der Waals surface area contributed by atoms with Crippen LogP contribution in [0.1, 0.15) is 59.3 Å². The van der Waals surface area contributed by atoms with Crippen molar-refractivity contribution in [3.63, 3.8) is 0 Å². The average molecular weight is 413 g/mol. The molecular weight excluding hydrogens is 380 g/mol. The minimum Gasteiger partial charge on any atom is -0.393 e. The molecule has 142 valence electrons. The first-order valence-electron chi connectivity index (χ1n) is 10.4. The number of hydrogen-bond donors (Lipinski definition) is 2. The van der Waals surface area contributed by atoms with Gasteiger partial charge in [0.1, 0.15) is 0 Å². The van der Waals surface area contributed by atoms with Crippen molar-refractivity contribution in [2.45, 2.75) is 81.9 Å². The van der Waals surface area contributed by atoms with Crippen LogP contribution in [0.25, 0.3) is 0 Å². The highest BCUT2D eigenvalue weighted by atomic mass is 79.9. The van der Waals surface area contributed by atoms with Gasteiger partial charge in [0.05, 0.1) is 29.2 Å². The third-order valence-electron chi connectivity index (χ3n) is 9.79. The third kappa shape index (κ3) is 1.84. The summed E-state index contributed by atoms with van der Waals surface area (Å²) < 4.78 is 6.46. The zero-order chi connectivity index (χ0) is 17.8. The Morgan fingerprint density at radius 3 is 2.60 bits per heavy atom. The molecule has 11 atom stereocenters. The molecule has 2 N–H and O–H groups in total. The Morgan fingerprint density at radius 2 is 1.84 bits per heavy atom. The number of fused-ring (bicyclic) bond motifs is 3. The van der Waals surface area contributed by atoms with Crippen molar-refractivity contribution in [2.75, 3.05) is 6.61 Å². The SMILES string of the molecule is C[C@H]1[C@H]2[C@@H]3CC[C@H](O)[C@@]3(C)CC[C@@H]2[C@]23CO[C@H]1[C@@]2(Br)C[C@@H](O)C[C@H]3C. The summed E-state index contributed by atoms with van der Waals surface area (Å²) >= 11 is 4.20. The maximum atomic E-state index is 10.7. The lowest BCUT2D eigenvalue weighted by molar-refractivity contribution is -0.152. The van der Waals surface area contributed by atoms with Crippen molar-refractivity contribution < 1.29 is 14.9 Å². The predicted molar refractivity (Wildman–Crippen MR) is 100 cm³/mol. The van der Waals surface area contributed by atoms with Crippen molar-refractivity contribution in [3.05, 3.63) is 0 Å². The molecule has 4 saturated carbocycles. The number of ether oxygens (including phenoxy) is 1. The van der Waals surface area contributed by atoms with Gasteiger partial charge in [-0.15, -0.1) is 0 Å². The highest BCUT2D eigenvalue weighted by Gasteiger charge is 2.75. The summed E-state index contributed by atoms with van der Waals surface area (Å²) in [7, 11) is 0. The topological polar surface area (TPSA) is 49.7 Å². The van der Waals surface area contributed by atoms with E-state index in [1.54, 1.807) is 0 Å². The standard InChI is InChI=1S/C21H33BrO3/c1-11-8-13(23)9-21(22)18-12(2)17-14-4-5-16(24)19(14,3)7-6-15(17)20(11,21)10-25-18/h11-18,23-24H,4-10H2,1-3H3/t11-,12+,13+,14+,15+,16+,17+,18-,19+,20-,21+/m1/s1. The lowest BCUT2D eigenvalue weighted by Crippen LogP contribution is -2.68. The summed E-state index contributed by atoms with van der Waals surface area (Å²) in [6, 6.07) is 0. The molecule has 2 bridgehead atoms. The Morgan fingerprint density at radius 1 is 1.08 bits per heavy atom. The van der Waals surface area contributed by atoms with Crippen LogP contribution in [0.3, 0.4) is 0 Å². The number of halogens is 1. The first kappa shape index (κ1) is 17.5. The van der Waals surface area contributed by atoms with Crippen LogP contribution in [0, 0.1) is 40.4 Å². The molecule has 5 rings (SSSR count). The van der Waals surface area contributed by atoms with Crippen LogP contribution in [0.5, 0.6) is 0 Å². The van der Waals surface area contributed by atoms with Crippen LogP contribution in [0.4, 0.5) is 0 Å². The van der Waals surface area contributed by atoms with Gasteiger partial charge in [0.2, 0.25) is 0 Å². The fraction of sp³-hybridized carbons (Fsp3) is 1.00. The summed E-state index contributed by atoms with van der Waals surface area (Å²) in [6.07, 6.45) is 6.13. The Balaban J connectivity index is 1.62. The van der Waals surface area contributed by atoms with Crippen molar-refractivity contribution in [1.29, 1.82) is 0 Å². The van der Waals surface area contributed by atoms with E-state index in [4.69, 9.17) is 4.74 Å². The molecule has 25 heavy (non-hydrogen) atoms. The second-order valence-corrected chi connectivity index (χ2v) is 11.8. The van der Waals surface area contributed by atoms with Crippen LogP contribution in [-0.2, 0) is 4.74 Å². The summed E-state index contributed by atoms with van der Waals surface area (Å²) in [6.45, 7) is 7.95. The number of hydrogen-bond acceptors (Lipinski definition) is 3. The minimum absolute atomic E-state index is 0.0668. The summed E-state index contributed by atoms with van der Waals surface area (Å²) in [4.78, 5) is 0. The zero-order valence-electron chi connectivity index (χ0n) is 15.7. The molecule has 0 amide bonds. The van der Waals surface area contributed by atoms with E-state index in [0.29, 0.717) is 29.6 Å². The predicted octanol–water partition coefficient (Wildman–Crippen LogP) is 3.75. The second kappa shape index (κ2) is 5.24. The first-order valence-corrected chi connectivity index (χ1v) is 11.2. The average Bonchev–Trinajstić information content (AvgIpc) is 2.95. The monoisotopic (exact) mass is 412 g/mol. The van der Waals surface area contributed by atoms with Crippen LogP contribution >= 0.6 is 15.9 Å². The van der Waals surface area contributed by atoms with Gasteiger partial charge in [-0.1, -0.05) is 36.7 Å². The molecule has 0 aromatic carbocycles. The quantitative estimate of drug-likeness (QED) is 0.595. The molecule has 5 fully saturated rings. The Labute approximate surface area is 160 Å². The molecule has 0 aromatic heterocycles. The lowest BCUT2D eigenvalue weighted by Gasteiger charge is -2.66. The summed E-state index contributed by atoms with van der Waals surface area (Å²) in [5.41, 5.74) is 0.262. The largest absolute Gasteiger partial charge is 0.393 e. The Bertz CT molecular complexity index is 583. The number of rotatable bonds is 0. The van der Waals surface area contributed by atoms with Gasteiger partial charge >= 0.3 is 0 Å². The van der Waals surface area contributed by atoms with Gasteiger partial charge < -0.3 is 14.9 Å².